The monoisotopic (exact) mass is 409 g/mol. The normalized spacial score (nSPS) is 30.9. The van der Waals surface area contributed by atoms with Gasteiger partial charge in [-0.3, -0.25) is 9.59 Å². The predicted octanol–water partition coefficient (Wildman–Crippen LogP) is 1.76. The summed E-state index contributed by atoms with van der Waals surface area (Å²) < 4.78 is 16.2. The Morgan fingerprint density at radius 2 is 1.83 bits per heavy atom. The third kappa shape index (κ3) is 3.68. The van der Waals surface area contributed by atoms with E-state index in [1.807, 2.05) is 0 Å². The zero-order chi connectivity index (χ0) is 21.7. The summed E-state index contributed by atoms with van der Waals surface area (Å²) in [5.74, 6) is -2.05. The molecule has 2 fully saturated rings. The number of esters is 2. The fourth-order valence-corrected chi connectivity index (χ4v) is 4.63. The highest BCUT2D eigenvalue weighted by molar-refractivity contribution is 6.01. The van der Waals surface area contributed by atoms with Crippen molar-refractivity contribution in [3.8, 4) is 0 Å². The van der Waals surface area contributed by atoms with Crippen molar-refractivity contribution in [3.63, 3.8) is 0 Å². The van der Waals surface area contributed by atoms with Gasteiger partial charge in [0.1, 0.15) is 5.70 Å². The van der Waals surface area contributed by atoms with Gasteiger partial charge in [0.05, 0.1) is 29.6 Å². The molecule has 0 aromatic carbocycles. The van der Waals surface area contributed by atoms with Crippen LogP contribution in [0.4, 0.5) is 0 Å². The molecule has 2 aliphatic heterocycles. The van der Waals surface area contributed by atoms with Crippen LogP contribution in [0.5, 0.6) is 0 Å². The van der Waals surface area contributed by atoms with Gasteiger partial charge in [0.15, 0.2) is 0 Å². The van der Waals surface area contributed by atoms with Gasteiger partial charge in [-0.15, -0.1) is 0 Å². The summed E-state index contributed by atoms with van der Waals surface area (Å²) in [5, 5.41) is 10.1. The van der Waals surface area contributed by atoms with E-state index >= 15 is 0 Å². The van der Waals surface area contributed by atoms with Gasteiger partial charge in [0.2, 0.25) is 12.2 Å². The lowest BCUT2D eigenvalue weighted by atomic mass is 9.72. The number of carbonyl (C=O) groups excluding carboxylic acids is 3. The molecule has 3 rings (SSSR count). The maximum Gasteiger partial charge on any atom is 0.358 e. The molecule has 29 heavy (non-hydrogen) atoms. The van der Waals surface area contributed by atoms with Crippen molar-refractivity contribution in [1.29, 1.82) is 0 Å². The molecule has 3 aliphatic rings. The number of rotatable bonds is 5. The third-order valence-electron chi connectivity index (χ3n) is 6.00. The summed E-state index contributed by atoms with van der Waals surface area (Å²) in [6.45, 7) is 8.20. The van der Waals surface area contributed by atoms with Crippen LogP contribution in [0, 0.1) is 17.3 Å². The summed E-state index contributed by atoms with van der Waals surface area (Å²) in [5.41, 5.74) is 0.223. The first-order valence-corrected chi connectivity index (χ1v) is 10.2. The standard InChI is InChI=1S/C21H31NO7/c1-10(23)14-16-12-8-7-9-13(27-6)15(12)17(22(16)18(14)24)19(25)28-11(2)29-20(26)21(3,4)5/h10-14,16,23H,7-9H2,1-6H3. The molecule has 1 saturated carbocycles. The highest BCUT2D eigenvalue weighted by atomic mass is 16.7. The number of carbonyl (C=O) groups is 3. The SMILES string of the molecule is COC1CCCC2C1=C(C(=O)OC(C)OC(=O)C(C)(C)C)N1C(=O)C(C(C)O)C21. The molecule has 0 spiro atoms. The van der Waals surface area contributed by atoms with Gasteiger partial charge in [0, 0.05) is 20.0 Å². The molecule has 0 aromatic heterocycles. The molecule has 1 saturated heterocycles. The summed E-state index contributed by atoms with van der Waals surface area (Å²) in [4.78, 5) is 39.3. The van der Waals surface area contributed by atoms with Crippen LogP contribution >= 0.6 is 0 Å². The average molecular weight is 409 g/mol. The highest BCUT2D eigenvalue weighted by Crippen LogP contribution is 2.52. The van der Waals surface area contributed by atoms with E-state index in [1.54, 1.807) is 34.8 Å². The topological polar surface area (TPSA) is 102 Å². The molecule has 6 atom stereocenters. The number of β-lactam (4-membered cyclic amide) rings is 1. The van der Waals surface area contributed by atoms with Crippen LogP contribution in [-0.4, -0.2) is 59.5 Å². The van der Waals surface area contributed by atoms with Crippen molar-refractivity contribution < 1.29 is 33.7 Å². The summed E-state index contributed by atoms with van der Waals surface area (Å²) in [7, 11) is 1.58. The Hall–Kier alpha value is -1.93. The highest BCUT2D eigenvalue weighted by Gasteiger charge is 2.62. The fourth-order valence-electron chi connectivity index (χ4n) is 4.63. The third-order valence-corrected chi connectivity index (χ3v) is 6.00. The van der Waals surface area contributed by atoms with Crippen molar-refractivity contribution in [2.75, 3.05) is 7.11 Å². The molecule has 1 N–H and O–H groups in total. The van der Waals surface area contributed by atoms with Crippen LogP contribution in [0.15, 0.2) is 11.3 Å². The van der Waals surface area contributed by atoms with E-state index in [2.05, 4.69) is 0 Å². The Labute approximate surface area is 171 Å². The van der Waals surface area contributed by atoms with Crippen molar-refractivity contribution in [1.82, 2.24) is 4.90 Å². The minimum Gasteiger partial charge on any atom is -0.425 e. The number of fused-ring (bicyclic) bond motifs is 3. The lowest BCUT2D eigenvalue weighted by Gasteiger charge is -2.47. The van der Waals surface area contributed by atoms with Crippen LogP contribution in [0.3, 0.4) is 0 Å². The Morgan fingerprint density at radius 3 is 2.38 bits per heavy atom. The fraction of sp³-hybridized carbons (Fsp3) is 0.762. The molecular formula is C21H31NO7. The molecule has 8 nitrogen and oxygen atoms in total. The zero-order valence-electron chi connectivity index (χ0n) is 17.9. The number of aliphatic hydroxyl groups is 1. The largest absolute Gasteiger partial charge is 0.425 e. The number of methoxy groups -OCH3 is 1. The number of nitrogens with zero attached hydrogens (tertiary/aromatic N) is 1. The Kier molecular flexibility index (Phi) is 5.80. The first-order valence-electron chi connectivity index (χ1n) is 10.2. The second kappa shape index (κ2) is 7.72. The quantitative estimate of drug-likeness (QED) is 0.419. The molecular weight excluding hydrogens is 378 g/mol. The lowest BCUT2D eigenvalue weighted by molar-refractivity contribution is -0.191. The number of amides is 1. The van der Waals surface area contributed by atoms with E-state index in [9.17, 15) is 19.5 Å². The van der Waals surface area contributed by atoms with Crippen LogP contribution in [0.25, 0.3) is 0 Å². The van der Waals surface area contributed by atoms with Crippen LogP contribution in [0.2, 0.25) is 0 Å². The van der Waals surface area contributed by atoms with Crippen molar-refractivity contribution in [3.05, 3.63) is 11.3 Å². The Morgan fingerprint density at radius 1 is 1.17 bits per heavy atom. The summed E-state index contributed by atoms with van der Waals surface area (Å²) >= 11 is 0. The van der Waals surface area contributed by atoms with E-state index in [-0.39, 0.29) is 29.7 Å². The first-order chi connectivity index (χ1) is 13.5. The van der Waals surface area contributed by atoms with Crippen molar-refractivity contribution in [2.24, 2.45) is 17.3 Å². The summed E-state index contributed by atoms with van der Waals surface area (Å²) in [6, 6.07) is -0.259. The maximum absolute atomic E-state index is 13.0. The van der Waals surface area contributed by atoms with Crippen LogP contribution in [0.1, 0.15) is 53.9 Å². The van der Waals surface area contributed by atoms with Crippen molar-refractivity contribution >= 4 is 17.8 Å². The molecule has 1 aliphatic carbocycles. The molecule has 2 heterocycles. The predicted molar refractivity (Wildman–Crippen MR) is 102 cm³/mol. The van der Waals surface area contributed by atoms with E-state index in [4.69, 9.17) is 14.2 Å². The number of hydrogen-bond acceptors (Lipinski definition) is 7. The smallest absolute Gasteiger partial charge is 0.358 e. The number of hydrogen-bond donors (Lipinski definition) is 1. The van der Waals surface area contributed by atoms with Gasteiger partial charge in [-0.2, -0.15) is 0 Å². The van der Waals surface area contributed by atoms with E-state index in [0.717, 1.165) is 24.8 Å². The minimum absolute atomic E-state index is 0.0408. The first kappa shape index (κ1) is 21.8. The van der Waals surface area contributed by atoms with Gasteiger partial charge >= 0.3 is 11.9 Å². The lowest BCUT2D eigenvalue weighted by Crippen LogP contribution is -2.64. The van der Waals surface area contributed by atoms with Gasteiger partial charge in [-0.05, 0) is 52.5 Å². The molecule has 1 amide bonds. The van der Waals surface area contributed by atoms with E-state index in [0.29, 0.717) is 0 Å². The second-order valence-electron chi connectivity index (χ2n) is 9.16. The summed E-state index contributed by atoms with van der Waals surface area (Å²) in [6.07, 6.45) is 0.319. The van der Waals surface area contributed by atoms with E-state index in [1.165, 1.54) is 11.8 Å². The molecule has 0 aromatic rings. The Balaban J connectivity index is 1.86. The van der Waals surface area contributed by atoms with Gasteiger partial charge < -0.3 is 24.2 Å². The molecule has 162 valence electrons. The van der Waals surface area contributed by atoms with Crippen LogP contribution < -0.4 is 0 Å². The zero-order valence-corrected chi connectivity index (χ0v) is 17.9. The van der Waals surface area contributed by atoms with E-state index < -0.39 is 35.7 Å². The Bertz CT molecular complexity index is 736. The average Bonchev–Trinajstić information content (AvgIpc) is 2.91. The molecule has 8 heteroatoms. The molecule has 0 radical (unpaired) electrons. The molecule has 6 unspecified atom stereocenters. The minimum atomic E-state index is -1.09. The second-order valence-corrected chi connectivity index (χ2v) is 9.16. The maximum atomic E-state index is 13.0. The van der Waals surface area contributed by atoms with Crippen molar-refractivity contribution in [2.45, 2.75) is 78.4 Å². The number of ether oxygens (including phenoxy) is 3. The number of aliphatic hydroxyl groups excluding tert-OH is 1. The van der Waals surface area contributed by atoms with Gasteiger partial charge in [-0.25, -0.2) is 4.79 Å². The molecule has 0 bridgehead atoms. The van der Waals surface area contributed by atoms with Gasteiger partial charge in [-0.1, -0.05) is 0 Å². The van der Waals surface area contributed by atoms with Gasteiger partial charge in [0.25, 0.3) is 0 Å². The van der Waals surface area contributed by atoms with Crippen LogP contribution in [-0.2, 0) is 28.6 Å².